The van der Waals surface area contributed by atoms with Crippen LogP contribution in [0.15, 0.2) is 30.6 Å². The molecule has 2 aromatic rings. The maximum atomic E-state index is 13.3. The van der Waals surface area contributed by atoms with Gasteiger partial charge in [0.25, 0.3) is 0 Å². The first kappa shape index (κ1) is 12.8. The van der Waals surface area contributed by atoms with Crippen molar-refractivity contribution in [1.82, 2.24) is 9.78 Å². The molecular weight excluding hydrogens is 249 g/mol. The lowest BCUT2D eigenvalue weighted by molar-refractivity contribution is -0.138. The smallest absolute Gasteiger partial charge is 0.310 e. The van der Waals surface area contributed by atoms with Gasteiger partial charge in [-0.05, 0) is 25.1 Å². The second kappa shape index (κ2) is 4.90. The first-order valence-electron chi connectivity index (χ1n) is 5.49. The van der Waals surface area contributed by atoms with Gasteiger partial charge >= 0.3 is 5.97 Å². The molecule has 1 aromatic heterocycles. The van der Waals surface area contributed by atoms with Gasteiger partial charge in [0.05, 0.1) is 29.4 Å². The largest absolute Gasteiger partial charge is 0.481 e. The zero-order valence-corrected chi connectivity index (χ0v) is 10.0. The summed E-state index contributed by atoms with van der Waals surface area (Å²) in [5, 5.41) is 21.7. The molecule has 1 atom stereocenters. The van der Waals surface area contributed by atoms with Gasteiger partial charge in [-0.15, -0.1) is 0 Å². The molecule has 0 spiro atoms. The van der Waals surface area contributed by atoms with E-state index in [1.807, 2.05) is 6.07 Å². The molecule has 0 radical (unpaired) electrons. The fourth-order valence-electron chi connectivity index (χ4n) is 1.62. The molecule has 1 aromatic carbocycles. The molecule has 0 bridgehead atoms. The van der Waals surface area contributed by atoms with Crippen molar-refractivity contribution in [2.75, 3.05) is 0 Å². The van der Waals surface area contributed by atoms with E-state index in [0.717, 1.165) is 6.07 Å². The van der Waals surface area contributed by atoms with Crippen LogP contribution in [0.5, 0.6) is 0 Å². The van der Waals surface area contributed by atoms with Crippen LogP contribution in [0.2, 0.25) is 0 Å². The van der Waals surface area contributed by atoms with E-state index < -0.39 is 17.7 Å². The lowest BCUT2D eigenvalue weighted by atomic mass is 10.1. The van der Waals surface area contributed by atoms with E-state index in [4.69, 9.17) is 10.4 Å². The van der Waals surface area contributed by atoms with Gasteiger partial charge < -0.3 is 5.11 Å². The number of benzene rings is 1. The molecule has 19 heavy (non-hydrogen) atoms. The van der Waals surface area contributed by atoms with E-state index in [2.05, 4.69) is 5.10 Å². The summed E-state index contributed by atoms with van der Waals surface area (Å²) in [6.07, 6.45) is 2.92. The predicted octanol–water partition coefficient (Wildman–Crippen LogP) is 2.07. The summed E-state index contributed by atoms with van der Waals surface area (Å²) in [6.45, 7) is 1.54. The SMILES string of the molecule is CC(C(=O)O)c1cnn(-c2cc(F)cc(C#N)c2)c1. The molecule has 0 saturated carbocycles. The third-order valence-corrected chi connectivity index (χ3v) is 2.75. The van der Waals surface area contributed by atoms with E-state index in [1.54, 1.807) is 0 Å². The normalized spacial score (nSPS) is 11.8. The van der Waals surface area contributed by atoms with Gasteiger partial charge in [-0.25, -0.2) is 9.07 Å². The second-order valence-corrected chi connectivity index (χ2v) is 4.09. The number of aromatic nitrogens is 2. The summed E-state index contributed by atoms with van der Waals surface area (Å²) in [7, 11) is 0. The third kappa shape index (κ3) is 2.60. The number of hydrogen-bond acceptors (Lipinski definition) is 3. The fraction of sp³-hybridized carbons (Fsp3) is 0.154. The van der Waals surface area contributed by atoms with Crippen LogP contribution >= 0.6 is 0 Å². The highest BCUT2D eigenvalue weighted by Crippen LogP contribution is 2.18. The lowest BCUT2D eigenvalue weighted by Crippen LogP contribution is -2.06. The highest BCUT2D eigenvalue weighted by atomic mass is 19.1. The zero-order valence-electron chi connectivity index (χ0n) is 10.0. The Bertz CT molecular complexity index is 673. The number of hydrogen-bond donors (Lipinski definition) is 1. The van der Waals surface area contributed by atoms with Gasteiger partial charge in [0.15, 0.2) is 0 Å². The molecule has 0 amide bonds. The summed E-state index contributed by atoms with van der Waals surface area (Å²) in [6, 6.07) is 5.67. The molecule has 0 saturated heterocycles. The van der Waals surface area contributed by atoms with Crippen molar-refractivity contribution in [2.45, 2.75) is 12.8 Å². The van der Waals surface area contributed by atoms with Crippen LogP contribution in [0.4, 0.5) is 4.39 Å². The average Bonchev–Trinajstić information content (AvgIpc) is 2.86. The van der Waals surface area contributed by atoms with Crippen LogP contribution in [0.25, 0.3) is 5.69 Å². The number of carboxylic acid groups (broad SMARTS) is 1. The van der Waals surface area contributed by atoms with Gasteiger partial charge in [0.2, 0.25) is 0 Å². The summed E-state index contributed by atoms with van der Waals surface area (Å²) >= 11 is 0. The van der Waals surface area contributed by atoms with Gasteiger partial charge in [0.1, 0.15) is 5.82 Å². The molecule has 0 fully saturated rings. The van der Waals surface area contributed by atoms with Crippen LogP contribution in [-0.2, 0) is 4.79 Å². The van der Waals surface area contributed by atoms with Gasteiger partial charge in [0, 0.05) is 11.8 Å². The summed E-state index contributed by atoms with van der Waals surface area (Å²) in [5.41, 5.74) is 1.06. The van der Waals surface area contributed by atoms with Crippen LogP contribution in [0.1, 0.15) is 24.0 Å². The first-order valence-corrected chi connectivity index (χ1v) is 5.49. The van der Waals surface area contributed by atoms with Crippen molar-refractivity contribution in [3.05, 3.63) is 47.5 Å². The van der Waals surface area contributed by atoms with E-state index in [1.165, 1.54) is 36.1 Å². The van der Waals surface area contributed by atoms with Gasteiger partial charge in [-0.2, -0.15) is 10.4 Å². The quantitative estimate of drug-likeness (QED) is 0.915. The van der Waals surface area contributed by atoms with E-state index >= 15 is 0 Å². The van der Waals surface area contributed by atoms with Crippen LogP contribution in [0.3, 0.4) is 0 Å². The van der Waals surface area contributed by atoms with Crippen molar-refractivity contribution >= 4 is 5.97 Å². The molecule has 1 N–H and O–H groups in total. The average molecular weight is 259 g/mol. The molecule has 0 aliphatic heterocycles. The Morgan fingerprint density at radius 3 is 2.89 bits per heavy atom. The van der Waals surface area contributed by atoms with Crippen molar-refractivity contribution in [3.8, 4) is 11.8 Å². The van der Waals surface area contributed by atoms with Gasteiger partial charge in [-0.1, -0.05) is 0 Å². The summed E-state index contributed by atoms with van der Waals surface area (Å²) in [4.78, 5) is 10.9. The molecule has 0 aliphatic rings. The second-order valence-electron chi connectivity index (χ2n) is 4.09. The Morgan fingerprint density at radius 1 is 1.53 bits per heavy atom. The molecule has 1 unspecified atom stereocenters. The van der Waals surface area contributed by atoms with Crippen LogP contribution in [-0.4, -0.2) is 20.9 Å². The minimum absolute atomic E-state index is 0.179. The molecule has 1 heterocycles. The van der Waals surface area contributed by atoms with E-state index in [-0.39, 0.29) is 5.56 Å². The van der Waals surface area contributed by atoms with Crippen LogP contribution < -0.4 is 0 Å². The standard InChI is InChI=1S/C13H10FN3O2/c1-8(13(18)19)10-6-16-17(7-10)12-3-9(5-15)2-11(14)4-12/h2-4,6-8H,1H3,(H,18,19). The summed E-state index contributed by atoms with van der Waals surface area (Å²) < 4.78 is 14.7. The zero-order chi connectivity index (χ0) is 14.0. The first-order chi connectivity index (χ1) is 9.01. The van der Waals surface area contributed by atoms with E-state index in [9.17, 15) is 9.18 Å². The van der Waals surface area contributed by atoms with Crippen molar-refractivity contribution < 1.29 is 14.3 Å². The Labute approximate surface area is 108 Å². The monoisotopic (exact) mass is 259 g/mol. The molecule has 2 rings (SSSR count). The maximum absolute atomic E-state index is 13.3. The number of halogens is 1. The van der Waals surface area contributed by atoms with Crippen molar-refractivity contribution in [3.63, 3.8) is 0 Å². The molecule has 6 heteroatoms. The Balaban J connectivity index is 2.41. The number of aliphatic carboxylic acids is 1. The third-order valence-electron chi connectivity index (χ3n) is 2.75. The van der Waals surface area contributed by atoms with E-state index in [0.29, 0.717) is 11.3 Å². The Kier molecular flexibility index (Phi) is 3.29. The minimum atomic E-state index is -0.962. The highest BCUT2D eigenvalue weighted by molar-refractivity contribution is 5.75. The molecule has 96 valence electrons. The number of carbonyl (C=O) groups is 1. The summed E-state index contributed by atoms with van der Waals surface area (Å²) in [5.74, 6) is -2.20. The number of carboxylic acids is 1. The number of nitriles is 1. The Morgan fingerprint density at radius 2 is 2.26 bits per heavy atom. The molecular formula is C13H10FN3O2. The lowest BCUT2D eigenvalue weighted by Gasteiger charge is -2.03. The number of nitrogens with zero attached hydrogens (tertiary/aromatic N) is 3. The van der Waals surface area contributed by atoms with Crippen LogP contribution in [0, 0.1) is 17.1 Å². The molecule has 5 nitrogen and oxygen atoms in total. The molecule has 0 aliphatic carbocycles. The van der Waals surface area contributed by atoms with Gasteiger partial charge in [-0.3, -0.25) is 4.79 Å². The highest BCUT2D eigenvalue weighted by Gasteiger charge is 2.16. The van der Waals surface area contributed by atoms with Crippen molar-refractivity contribution in [2.24, 2.45) is 0 Å². The predicted molar refractivity (Wildman–Crippen MR) is 64.3 cm³/mol. The topological polar surface area (TPSA) is 78.9 Å². The maximum Gasteiger partial charge on any atom is 0.310 e. The number of rotatable bonds is 3. The minimum Gasteiger partial charge on any atom is -0.481 e. The van der Waals surface area contributed by atoms with Crippen molar-refractivity contribution in [1.29, 1.82) is 5.26 Å². The fourth-order valence-corrected chi connectivity index (χ4v) is 1.62. The Hall–Kier alpha value is -2.68.